The predicted molar refractivity (Wildman–Crippen MR) is 122 cm³/mol. The highest BCUT2D eigenvalue weighted by Crippen LogP contribution is 2.22. The number of nitrogens with zero attached hydrogens (tertiary/aromatic N) is 1. The molecule has 2 aromatic carbocycles. The lowest BCUT2D eigenvalue weighted by atomic mass is 10.1. The second-order valence-electron chi connectivity index (χ2n) is 6.64. The van der Waals surface area contributed by atoms with Crippen molar-refractivity contribution in [2.24, 2.45) is 0 Å². The average molecular weight is 415 g/mol. The lowest BCUT2D eigenvalue weighted by Gasteiger charge is -2.32. The first-order chi connectivity index (χ1) is 13.0. The number of anilines is 1. The van der Waals surface area contributed by atoms with Crippen LogP contribution in [-0.4, -0.2) is 16.1 Å². The van der Waals surface area contributed by atoms with Gasteiger partial charge in [0, 0.05) is 34.6 Å². The summed E-state index contributed by atoms with van der Waals surface area (Å²) < 4.78 is 0. The molecule has 0 saturated carbocycles. The van der Waals surface area contributed by atoms with Crippen molar-refractivity contribution in [3.05, 3.63) is 87.1 Å². The summed E-state index contributed by atoms with van der Waals surface area (Å²) in [6.45, 7) is 4.98. The van der Waals surface area contributed by atoms with E-state index in [-0.39, 0.29) is 6.04 Å². The van der Waals surface area contributed by atoms with Crippen LogP contribution in [0.5, 0.6) is 0 Å². The standard InChI is InChI=1S/C22H23ClN2S2/c1-16-10-11-19(14-21(16)23)24-22(26)25(15-18-7-4-3-5-8-18)17(2)13-20-9-6-12-27-20/h3-12,14,17H,13,15H2,1-2H3,(H,24,26)/t17-/m1/s1. The van der Waals surface area contributed by atoms with Crippen LogP contribution in [0, 0.1) is 6.92 Å². The summed E-state index contributed by atoms with van der Waals surface area (Å²) in [5.74, 6) is 0. The van der Waals surface area contributed by atoms with E-state index < -0.39 is 0 Å². The molecule has 0 aliphatic carbocycles. The zero-order chi connectivity index (χ0) is 19.2. The molecular weight excluding hydrogens is 392 g/mol. The summed E-state index contributed by atoms with van der Waals surface area (Å²) in [7, 11) is 0. The molecule has 0 fully saturated rings. The van der Waals surface area contributed by atoms with Crippen LogP contribution in [0.4, 0.5) is 5.69 Å². The maximum absolute atomic E-state index is 6.27. The summed E-state index contributed by atoms with van der Waals surface area (Å²) in [6.07, 6.45) is 0.959. The minimum atomic E-state index is 0.268. The first-order valence-electron chi connectivity index (χ1n) is 8.93. The molecule has 5 heteroatoms. The second kappa shape index (κ2) is 9.36. The van der Waals surface area contributed by atoms with Crippen LogP contribution in [-0.2, 0) is 13.0 Å². The van der Waals surface area contributed by atoms with E-state index in [1.807, 2.05) is 31.2 Å². The van der Waals surface area contributed by atoms with Crippen molar-refractivity contribution in [1.82, 2.24) is 4.90 Å². The lowest BCUT2D eigenvalue weighted by molar-refractivity contribution is 0.326. The van der Waals surface area contributed by atoms with Crippen LogP contribution in [0.15, 0.2) is 66.0 Å². The molecule has 1 N–H and O–H groups in total. The minimum Gasteiger partial charge on any atom is -0.342 e. The van der Waals surface area contributed by atoms with E-state index in [9.17, 15) is 0 Å². The van der Waals surface area contributed by atoms with Crippen molar-refractivity contribution in [2.75, 3.05) is 5.32 Å². The average Bonchev–Trinajstić information content (AvgIpc) is 3.16. The second-order valence-corrected chi connectivity index (χ2v) is 8.47. The number of nitrogens with one attached hydrogen (secondary N) is 1. The molecule has 0 aliphatic rings. The van der Waals surface area contributed by atoms with E-state index in [0.717, 1.165) is 29.2 Å². The monoisotopic (exact) mass is 414 g/mol. The van der Waals surface area contributed by atoms with E-state index in [0.29, 0.717) is 5.11 Å². The summed E-state index contributed by atoms with van der Waals surface area (Å²) >= 11 is 13.8. The van der Waals surface area contributed by atoms with Gasteiger partial charge in [-0.15, -0.1) is 11.3 Å². The van der Waals surface area contributed by atoms with Crippen LogP contribution in [0.2, 0.25) is 5.02 Å². The van der Waals surface area contributed by atoms with Gasteiger partial charge in [0.05, 0.1) is 0 Å². The number of hydrogen-bond acceptors (Lipinski definition) is 2. The van der Waals surface area contributed by atoms with Gasteiger partial charge in [-0.3, -0.25) is 0 Å². The maximum atomic E-state index is 6.27. The number of halogens is 1. The summed E-state index contributed by atoms with van der Waals surface area (Å²) in [6, 6.07) is 20.9. The van der Waals surface area contributed by atoms with Gasteiger partial charge in [-0.05, 0) is 60.8 Å². The van der Waals surface area contributed by atoms with Gasteiger partial charge < -0.3 is 10.2 Å². The third kappa shape index (κ3) is 5.55. The minimum absolute atomic E-state index is 0.268. The van der Waals surface area contributed by atoms with Crippen molar-refractivity contribution in [3.63, 3.8) is 0 Å². The Bertz CT molecular complexity index is 879. The Labute approximate surface area is 175 Å². The molecule has 1 atom stereocenters. The van der Waals surface area contributed by atoms with Crippen molar-refractivity contribution in [3.8, 4) is 0 Å². The Balaban J connectivity index is 1.78. The lowest BCUT2D eigenvalue weighted by Crippen LogP contribution is -2.41. The van der Waals surface area contributed by atoms with Gasteiger partial charge in [0.25, 0.3) is 0 Å². The molecule has 3 rings (SSSR count). The van der Waals surface area contributed by atoms with Crippen LogP contribution in [0.1, 0.15) is 22.9 Å². The number of thiocarbonyl (C=S) groups is 1. The van der Waals surface area contributed by atoms with Crippen LogP contribution in [0.3, 0.4) is 0 Å². The highest BCUT2D eigenvalue weighted by atomic mass is 35.5. The zero-order valence-corrected chi connectivity index (χ0v) is 17.9. The van der Waals surface area contributed by atoms with Crippen molar-refractivity contribution in [1.29, 1.82) is 0 Å². The SMILES string of the molecule is Cc1ccc(NC(=S)N(Cc2ccccc2)[C@H](C)Cc2cccs2)cc1Cl. The molecule has 140 valence electrons. The molecule has 3 aromatic rings. The van der Waals surface area contributed by atoms with Crippen molar-refractivity contribution in [2.45, 2.75) is 32.9 Å². The molecule has 1 aromatic heterocycles. The normalized spacial score (nSPS) is 11.8. The molecule has 0 saturated heterocycles. The molecule has 0 radical (unpaired) electrons. The molecule has 0 aliphatic heterocycles. The Morgan fingerprint density at radius 1 is 1.15 bits per heavy atom. The smallest absolute Gasteiger partial charge is 0.173 e. The Hall–Kier alpha value is -1.88. The largest absolute Gasteiger partial charge is 0.342 e. The van der Waals surface area contributed by atoms with Crippen molar-refractivity contribution >= 4 is 46.0 Å². The van der Waals surface area contributed by atoms with Crippen LogP contribution < -0.4 is 5.32 Å². The van der Waals surface area contributed by atoms with Gasteiger partial charge in [-0.2, -0.15) is 0 Å². The van der Waals surface area contributed by atoms with Gasteiger partial charge in [0.15, 0.2) is 5.11 Å². The van der Waals surface area contributed by atoms with Crippen LogP contribution in [0.25, 0.3) is 0 Å². The molecule has 0 unspecified atom stereocenters. The predicted octanol–water partition coefficient (Wildman–Crippen LogP) is 6.54. The number of aryl methyl sites for hydroxylation is 1. The first kappa shape index (κ1) is 19.9. The van der Waals surface area contributed by atoms with Gasteiger partial charge in [-0.25, -0.2) is 0 Å². The van der Waals surface area contributed by atoms with E-state index in [1.54, 1.807) is 11.3 Å². The van der Waals surface area contributed by atoms with Gasteiger partial charge in [-0.1, -0.05) is 54.1 Å². The molecule has 2 nitrogen and oxygen atoms in total. The summed E-state index contributed by atoms with van der Waals surface area (Å²) in [4.78, 5) is 3.61. The zero-order valence-electron chi connectivity index (χ0n) is 15.5. The fourth-order valence-electron chi connectivity index (χ4n) is 2.90. The third-order valence-electron chi connectivity index (χ3n) is 4.49. The molecule has 0 spiro atoms. The van der Waals surface area contributed by atoms with Crippen LogP contribution >= 0.6 is 35.2 Å². The third-order valence-corrected chi connectivity index (χ3v) is 6.13. The van der Waals surface area contributed by atoms with Gasteiger partial charge in [0.2, 0.25) is 0 Å². The van der Waals surface area contributed by atoms with E-state index >= 15 is 0 Å². The number of thiophene rings is 1. The summed E-state index contributed by atoms with van der Waals surface area (Å²) in [5, 5.41) is 6.94. The Morgan fingerprint density at radius 3 is 2.59 bits per heavy atom. The summed E-state index contributed by atoms with van der Waals surface area (Å²) in [5.41, 5.74) is 3.21. The molecule has 27 heavy (non-hydrogen) atoms. The van der Waals surface area contributed by atoms with Crippen molar-refractivity contribution < 1.29 is 0 Å². The molecule has 1 heterocycles. The fraction of sp³-hybridized carbons (Fsp3) is 0.227. The fourth-order valence-corrected chi connectivity index (χ4v) is 4.27. The maximum Gasteiger partial charge on any atom is 0.173 e. The molecule has 0 bridgehead atoms. The number of hydrogen-bond donors (Lipinski definition) is 1. The number of rotatable bonds is 6. The Morgan fingerprint density at radius 2 is 1.93 bits per heavy atom. The molecular formula is C22H23ClN2S2. The quantitative estimate of drug-likeness (QED) is 0.461. The highest BCUT2D eigenvalue weighted by Gasteiger charge is 2.19. The van der Waals surface area contributed by atoms with E-state index in [2.05, 4.69) is 58.9 Å². The van der Waals surface area contributed by atoms with E-state index in [1.165, 1.54) is 10.4 Å². The Kier molecular flexibility index (Phi) is 6.89. The number of benzene rings is 2. The van der Waals surface area contributed by atoms with Gasteiger partial charge in [0.1, 0.15) is 0 Å². The van der Waals surface area contributed by atoms with Gasteiger partial charge >= 0.3 is 0 Å². The van der Waals surface area contributed by atoms with E-state index in [4.69, 9.17) is 23.8 Å². The first-order valence-corrected chi connectivity index (χ1v) is 10.6. The highest BCUT2D eigenvalue weighted by molar-refractivity contribution is 7.80. The topological polar surface area (TPSA) is 15.3 Å². The molecule has 0 amide bonds.